The van der Waals surface area contributed by atoms with Crippen molar-refractivity contribution in [1.29, 1.82) is 0 Å². The summed E-state index contributed by atoms with van der Waals surface area (Å²) >= 11 is 0. The molecule has 4 heteroatoms. The van der Waals surface area contributed by atoms with Crippen molar-refractivity contribution < 1.29 is 19.8 Å². The van der Waals surface area contributed by atoms with E-state index in [1.165, 1.54) is 0 Å². The van der Waals surface area contributed by atoms with Gasteiger partial charge in [-0.05, 0) is 24.7 Å². The second-order valence-corrected chi connectivity index (χ2v) is 8.28. The Morgan fingerprint density at radius 1 is 0.571 bits per heavy atom. The Morgan fingerprint density at radius 3 is 1.18 bits per heavy atom. The van der Waals surface area contributed by atoms with Crippen molar-refractivity contribution >= 4 is 11.9 Å². The fourth-order valence-corrected chi connectivity index (χ4v) is 4.14. The number of carboxylic acid groups (broad SMARTS) is 2. The smallest absolute Gasteiger partial charge is 0.332 e. The van der Waals surface area contributed by atoms with Crippen LogP contribution in [0.1, 0.15) is 118 Å². The van der Waals surface area contributed by atoms with E-state index in [-0.39, 0.29) is 23.0 Å². The monoisotopic (exact) mass is 396 g/mol. The van der Waals surface area contributed by atoms with E-state index in [0.717, 1.165) is 77.0 Å². The summed E-state index contributed by atoms with van der Waals surface area (Å²) in [5.41, 5.74) is 0.304. The highest BCUT2D eigenvalue weighted by molar-refractivity contribution is 5.98. The van der Waals surface area contributed by atoms with Gasteiger partial charge in [-0.2, -0.15) is 0 Å². The number of carboxylic acids is 2. The SMILES string of the molecule is CCCCCC(CCC)C/C(C(=O)O)=C(\CC(CCC)CCCCC)C(=O)O. The quantitative estimate of drug-likeness (QED) is 0.189. The Labute approximate surface area is 172 Å². The summed E-state index contributed by atoms with van der Waals surface area (Å²) in [6.07, 6.45) is 13.4. The zero-order chi connectivity index (χ0) is 21.4. The van der Waals surface area contributed by atoms with Crippen molar-refractivity contribution in [3.05, 3.63) is 11.1 Å². The molecule has 2 unspecified atom stereocenters. The minimum Gasteiger partial charge on any atom is -0.478 e. The van der Waals surface area contributed by atoms with Crippen molar-refractivity contribution in [2.45, 2.75) is 118 Å². The molecule has 0 aromatic rings. The number of rotatable bonds is 18. The van der Waals surface area contributed by atoms with Gasteiger partial charge >= 0.3 is 11.9 Å². The lowest BCUT2D eigenvalue weighted by Crippen LogP contribution is -2.17. The molecule has 0 heterocycles. The summed E-state index contributed by atoms with van der Waals surface area (Å²) in [6.45, 7) is 8.54. The van der Waals surface area contributed by atoms with Gasteiger partial charge in [-0.3, -0.25) is 0 Å². The summed E-state index contributed by atoms with van der Waals surface area (Å²) in [4.78, 5) is 24.0. The Hall–Kier alpha value is -1.32. The lowest BCUT2D eigenvalue weighted by Gasteiger charge is -2.21. The van der Waals surface area contributed by atoms with Gasteiger partial charge in [-0.25, -0.2) is 9.59 Å². The van der Waals surface area contributed by atoms with Gasteiger partial charge in [0.25, 0.3) is 0 Å². The van der Waals surface area contributed by atoms with E-state index >= 15 is 0 Å². The standard InChI is InChI=1S/C24H44O4/c1-5-9-11-15-19(13-7-3)17-21(23(25)26)22(24(27)28)18-20(14-8-4)16-12-10-6-2/h19-20H,5-18H2,1-4H3,(H,25,26)(H,27,28)/b22-21-. The molecule has 28 heavy (non-hydrogen) atoms. The Kier molecular flexibility index (Phi) is 15.8. The van der Waals surface area contributed by atoms with Crippen molar-refractivity contribution in [1.82, 2.24) is 0 Å². The van der Waals surface area contributed by atoms with E-state index in [1.807, 2.05) is 0 Å². The molecule has 0 aliphatic rings. The molecule has 2 atom stereocenters. The third-order valence-electron chi connectivity index (χ3n) is 5.69. The average molecular weight is 397 g/mol. The third-order valence-corrected chi connectivity index (χ3v) is 5.69. The van der Waals surface area contributed by atoms with Crippen LogP contribution in [0.3, 0.4) is 0 Å². The van der Waals surface area contributed by atoms with E-state index < -0.39 is 11.9 Å². The van der Waals surface area contributed by atoms with Crippen LogP contribution in [-0.2, 0) is 9.59 Å². The summed E-state index contributed by atoms with van der Waals surface area (Å²) in [5.74, 6) is -1.56. The molecule has 0 aromatic carbocycles. The van der Waals surface area contributed by atoms with Crippen LogP contribution in [0.25, 0.3) is 0 Å². The summed E-state index contributed by atoms with van der Waals surface area (Å²) in [5, 5.41) is 19.6. The molecule has 0 bridgehead atoms. The highest BCUT2D eigenvalue weighted by Crippen LogP contribution is 2.30. The normalized spacial score (nSPS) is 14.4. The molecule has 2 N–H and O–H groups in total. The summed E-state index contributed by atoms with van der Waals surface area (Å²) in [7, 11) is 0. The van der Waals surface area contributed by atoms with Crippen LogP contribution >= 0.6 is 0 Å². The highest BCUT2D eigenvalue weighted by Gasteiger charge is 2.25. The van der Waals surface area contributed by atoms with Gasteiger partial charge in [-0.1, -0.05) is 105 Å². The van der Waals surface area contributed by atoms with Crippen LogP contribution in [0.15, 0.2) is 11.1 Å². The molecule has 0 rings (SSSR count). The van der Waals surface area contributed by atoms with Gasteiger partial charge in [0.05, 0.1) is 0 Å². The van der Waals surface area contributed by atoms with Gasteiger partial charge in [-0.15, -0.1) is 0 Å². The Balaban J connectivity index is 5.49. The molecule has 4 nitrogen and oxygen atoms in total. The predicted octanol–water partition coefficient (Wildman–Crippen LogP) is 7.23. The Morgan fingerprint density at radius 2 is 0.929 bits per heavy atom. The van der Waals surface area contributed by atoms with Crippen molar-refractivity contribution in [2.75, 3.05) is 0 Å². The topological polar surface area (TPSA) is 74.6 Å². The predicted molar refractivity (Wildman–Crippen MR) is 117 cm³/mol. The van der Waals surface area contributed by atoms with Crippen molar-refractivity contribution in [3.8, 4) is 0 Å². The first-order chi connectivity index (χ1) is 13.4. The van der Waals surface area contributed by atoms with E-state index in [4.69, 9.17) is 0 Å². The third kappa shape index (κ3) is 11.5. The first-order valence-electron chi connectivity index (χ1n) is 11.6. The number of unbranched alkanes of at least 4 members (excludes halogenated alkanes) is 4. The maximum atomic E-state index is 12.0. The maximum absolute atomic E-state index is 12.0. The van der Waals surface area contributed by atoms with Gasteiger partial charge in [0.2, 0.25) is 0 Å². The second-order valence-electron chi connectivity index (χ2n) is 8.28. The minimum absolute atomic E-state index is 0.152. The minimum atomic E-state index is -1.04. The fraction of sp³-hybridized carbons (Fsp3) is 0.833. The first-order valence-corrected chi connectivity index (χ1v) is 11.6. The van der Waals surface area contributed by atoms with Crippen LogP contribution in [0.4, 0.5) is 0 Å². The van der Waals surface area contributed by atoms with Crippen LogP contribution in [-0.4, -0.2) is 22.2 Å². The molecule has 0 aromatic heterocycles. The molecule has 0 radical (unpaired) electrons. The molecule has 0 spiro atoms. The molecular formula is C24H44O4. The molecule has 0 aliphatic heterocycles. The van der Waals surface area contributed by atoms with Crippen LogP contribution in [0.5, 0.6) is 0 Å². The fourth-order valence-electron chi connectivity index (χ4n) is 4.14. The second kappa shape index (κ2) is 16.6. The molecule has 0 saturated heterocycles. The van der Waals surface area contributed by atoms with Gasteiger partial charge in [0.1, 0.15) is 0 Å². The van der Waals surface area contributed by atoms with Crippen molar-refractivity contribution in [3.63, 3.8) is 0 Å². The number of hydrogen-bond acceptors (Lipinski definition) is 2. The molecule has 164 valence electrons. The first kappa shape index (κ1) is 26.7. The zero-order valence-electron chi connectivity index (χ0n) is 18.8. The van der Waals surface area contributed by atoms with E-state index in [0.29, 0.717) is 12.8 Å². The highest BCUT2D eigenvalue weighted by atomic mass is 16.4. The summed E-state index contributed by atoms with van der Waals surface area (Å²) < 4.78 is 0. The van der Waals surface area contributed by atoms with E-state index in [2.05, 4.69) is 27.7 Å². The Bertz CT molecular complexity index is 425. The maximum Gasteiger partial charge on any atom is 0.332 e. The van der Waals surface area contributed by atoms with Crippen LogP contribution < -0.4 is 0 Å². The molecule has 0 fully saturated rings. The van der Waals surface area contributed by atoms with E-state index in [1.54, 1.807) is 0 Å². The van der Waals surface area contributed by atoms with Gasteiger partial charge in [0, 0.05) is 11.1 Å². The van der Waals surface area contributed by atoms with Gasteiger partial charge < -0.3 is 10.2 Å². The molecule has 0 saturated carbocycles. The van der Waals surface area contributed by atoms with Crippen molar-refractivity contribution in [2.24, 2.45) is 11.8 Å². The van der Waals surface area contributed by atoms with Crippen LogP contribution in [0, 0.1) is 11.8 Å². The average Bonchev–Trinajstić information content (AvgIpc) is 2.64. The lowest BCUT2D eigenvalue weighted by atomic mass is 9.84. The lowest BCUT2D eigenvalue weighted by molar-refractivity contribution is -0.136. The largest absolute Gasteiger partial charge is 0.478 e. The zero-order valence-corrected chi connectivity index (χ0v) is 18.8. The summed E-state index contributed by atoms with van der Waals surface area (Å²) in [6, 6.07) is 0. The van der Waals surface area contributed by atoms with E-state index in [9.17, 15) is 19.8 Å². The van der Waals surface area contributed by atoms with Crippen LogP contribution in [0.2, 0.25) is 0 Å². The van der Waals surface area contributed by atoms with Gasteiger partial charge in [0.15, 0.2) is 0 Å². The number of aliphatic carboxylic acids is 2. The molecule has 0 aliphatic carbocycles. The number of carbonyl (C=O) groups is 2. The molecular weight excluding hydrogens is 352 g/mol. The molecule has 0 amide bonds. The number of hydrogen-bond donors (Lipinski definition) is 2.